The lowest BCUT2D eigenvalue weighted by molar-refractivity contribution is 0.304. The molecule has 2 aromatic rings. The quantitative estimate of drug-likeness (QED) is 0.380. The van der Waals surface area contributed by atoms with Crippen molar-refractivity contribution in [1.82, 2.24) is 9.97 Å². The minimum atomic E-state index is 0.812. The number of hydrogen-bond donors (Lipinski definition) is 0. The molecule has 142 valence electrons. The molecule has 0 amide bonds. The molecule has 3 heteroatoms. The summed E-state index contributed by atoms with van der Waals surface area (Å²) in [7, 11) is 0. The van der Waals surface area contributed by atoms with Gasteiger partial charge in [0.1, 0.15) is 11.6 Å². The predicted octanol–water partition coefficient (Wildman–Crippen LogP) is 6.17. The predicted molar refractivity (Wildman–Crippen MR) is 109 cm³/mol. The molecule has 2 rings (SSSR count). The van der Waals surface area contributed by atoms with Crippen molar-refractivity contribution in [1.29, 1.82) is 0 Å². The van der Waals surface area contributed by atoms with Gasteiger partial charge in [-0.3, -0.25) is 0 Å². The fourth-order valence-electron chi connectivity index (χ4n) is 3.02. The van der Waals surface area contributed by atoms with Gasteiger partial charge in [-0.2, -0.15) is 0 Å². The first kappa shape index (κ1) is 20.4. The molecule has 1 aromatic carbocycles. The Labute approximate surface area is 159 Å². The molecule has 0 bridgehead atoms. The van der Waals surface area contributed by atoms with Gasteiger partial charge in [-0.15, -0.1) is 0 Å². The van der Waals surface area contributed by atoms with E-state index in [9.17, 15) is 0 Å². The van der Waals surface area contributed by atoms with Gasteiger partial charge in [0.05, 0.1) is 6.61 Å². The molecule has 0 spiro atoms. The molecule has 1 heterocycles. The molecule has 0 saturated heterocycles. The summed E-state index contributed by atoms with van der Waals surface area (Å²) in [4.78, 5) is 9.05. The van der Waals surface area contributed by atoms with Crippen LogP contribution in [0.2, 0.25) is 0 Å². The number of aryl methyl sites for hydroxylation is 2. The third-order valence-electron chi connectivity index (χ3n) is 4.63. The maximum absolute atomic E-state index is 5.71. The molecule has 0 unspecified atom stereocenters. The summed E-state index contributed by atoms with van der Waals surface area (Å²) in [5.41, 5.74) is 1.28. The van der Waals surface area contributed by atoms with E-state index < -0.39 is 0 Å². The number of para-hydroxylation sites is 1. The van der Waals surface area contributed by atoms with E-state index in [2.05, 4.69) is 16.9 Å². The standard InChI is InChI=1S/C23H34N2O/c1-2-3-4-9-14-21-19-24-23(25-20-21)17-12-6-5-7-13-18-26-22-15-10-8-11-16-22/h8,10-11,15-16,19-20H,2-7,9,12-14,17-18H2,1H3. The van der Waals surface area contributed by atoms with Gasteiger partial charge in [-0.25, -0.2) is 9.97 Å². The number of rotatable bonds is 14. The van der Waals surface area contributed by atoms with E-state index in [4.69, 9.17) is 4.74 Å². The van der Waals surface area contributed by atoms with Crippen LogP contribution in [-0.2, 0) is 12.8 Å². The molecule has 0 aliphatic carbocycles. The molecule has 3 nitrogen and oxygen atoms in total. The highest BCUT2D eigenvalue weighted by atomic mass is 16.5. The topological polar surface area (TPSA) is 35.0 Å². The van der Waals surface area contributed by atoms with Crippen LogP contribution in [0.4, 0.5) is 0 Å². The second kappa shape index (κ2) is 13.3. The first-order valence-electron chi connectivity index (χ1n) is 10.4. The number of unbranched alkanes of at least 4 members (excludes halogenated alkanes) is 7. The average Bonchev–Trinajstić information content (AvgIpc) is 2.69. The Bertz CT molecular complexity index is 569. The minimum Gasteiger partial charge on any atom is -0.494 e. The van der Waals surface area contributed by atoms with Crippen molar-refractivity contribution in [2.45, 2.75) is 77.6 Å². The van der Waals surface area contributed by atoms with Crippen LogP contribution >= 0.6 is 0 Å². The van der Waals surface area contributed by atoms with Crippen molar-refractivity contribution >= 4 is 0 Å². The van der Waals surface area contributed by atoms with Crippen LogP contribution in [0, 0.1) is 0 Å². The fourth-order valence-corrected chi connectivity index (χ4v) is 3.02. The molecular formula is C23H34N2O. The number of aromatic nitrogens is 2. The maximum Gasteiger partial charge on any atom is 0.128 e. The zero-order valence-corrected chi connectivity index (χ0v) is 16.3. The van der Waals surface area contributed by atoms with Gasteiger partial charge in [0.25, 0.3) is 0 Å². The minimum absolute atomic E-state index is 0.812. The molecular weight excluding hydrogens is 320 g/mol. The summed E-state index contributed by atoms with van der Waals surface area (Å²) in [6, 6.07) is 10.1. The SMILES string of the molecule is CCCCCCc1cnc(CCCCCCCOc2ccccc2)nc1. The molecule has 0 radical (unpaired) electrons. The van der Waals surface area contributed by atoms with Crippen LogP contribution in [0.5, 0.6) is 5.75 Å². The highest BCUT2D eigenvalue weighted by Crippen LogP contribution is 2.11. The zero-order valence-electron chi connectivity index (χ0n) is 16.3. The van der Waals surface area contributed by atoms with Crippen molar-refractivity contribution in [3.8, 4) is 5.75 Å². The van der Waals surface area contributed by atoms with E-state index in [-0.39, 0.29) is 0 Å². The van der Waals surface area contributed by atoms with Crippen molar-refractivity contribution in [2.24, 2.45) is 0 Å². The van der Waals surface area contributed by atoms with E-state index in [1.54, 1.807) is 0 Å². The van der Waals surface area contributed by atoms with Gasteiger partial charge in [-0.05, 0) is 43.4 Å². The smallest absolute Gasteiger partial charge is 0.128 e. The van der Waals surface area contributed by atoms with Crippen LogP contribution in [0.15, 0.2) is 42.7 Å². The van der Waals surface area contributed by atoms with Crippen molar-refractivity contribution in [3.05, 3.63) is 54.1 Å². The molecule has 0 aliphatic heterocycles. The maximum atomic E-state index is 5.71. The zero-order chi connectivity index (χ0) is 18.3. The molecule has 1 aromatic heterocycles. The second-order valence-corrected chi connectivity index (χ2v) is 7.00. The largest absolute Gasteiger partial charge is 0.494 e. The number of benzene rings is 1. The molecule has 26 heavy (non-hydrogen) atoms. The lowest BCUT2D eigenvalue weighted by atomic mass is 10.1. The Hall–Kier alpha value is -1.90. The van der Waals surface area contributed by atoms with Gasteiger partial charge in [-0.1, -0.05) is 63.6 Å². The second-order valence-electron chi connectivity index (χ2n) is 7.00. The monoisotopic (exact) mass is 354 g/mol. The Kier molecular flexibility index (Phi) is 10.5. The lowest BCUT2D eigenvalue weighted by Crippen LogP contribution is -1.98. The Balaban J connectivity index is 1.46. The van der Waals surface area contributed by atoms with E-state index >= 15 is 0 Å². The van der Waals surface area contributed by atoms with E-state index in [1.807, 2.05) is 42.7 Å². The normalized spacial score (nSPS) is 10.8. The summed E-state index contributed by atoms with van der Waals surface area (Å²) < 4.78 is 5.71. The van der Waals surface area contributed by atoms with Crippen molar-refractivity contribution in [3.63, 3.8) is 0 Å². The number of nitrogens with zero attached hydrogens (tertiary/aromatic N) is 2. The number of hydrogen-bond acceptors (Lipinski definition) is 3. The van der Waals surface area contributed by atoms with Crippen LogP contribution in [0.1, 0.15) is 76.1 Å². The van der Waals surface area contributed by atoms with Gasteiger partial charge < -0.3 is 4.74 Å². The molecule has 0 saturated carbocycles. The first-order chi connectivity index (χ1) is 12.9. The molecule has 0 N–H and O–H groups in total. The van der Waals surface area contributed by atoms with Crippen LogP contribution in [0.25, 0.3) is 0 Å². The van der Waals surface area contributed by atoms with Gasteiger partial charge in [0, 0.05) is 18.8 Å². The summed E-state index contributed by atoms with van der Waals surface area (Å²) >= 11 is 0. The van der Waals surface area contributed by atoms with Crippen LogP contribution in [0.3, 0.4) is 0 Å². The van der Waals surface area contributed by atoms with E-state index in [1.165, 1.54) is 56.9 Å². The third-order valence-corrected chi connectivity index (χ3v) is 4.63. The fraction of sp³-hybridized carbons (Fsp3) is 0.565. The van der Waals surface area contributed by atoms with E-state index in [0.29, 0.717) is 0 Å². The van der Waals surface area contributed by atoms with Crippen molar-refractivity contribution in [2.75, 3.05) is 6.61 Å². The van der Waals surface area contributed by atoms with Gasteiger partial charge in [0.15, 0.2) is 0 Å². The Morgan fingerprint density at radius 1 is 0.731 bits per heavy atom. The first-order valence-corrected chi connectivity index (χ1v) is 10.4. The Morgan fingerprint density at radius 2 is 1.38 bits per heavy atom. The summed E-state index contributed by atoms with van der Waals surface area (Å²) in [6.45, 7) is 3.06. The Morgan fingerprint density at radius 3 is 2.15 bits per heavy atom. The highest BCUT2D eigenvalue weighted by molar-refractivity contribution is 5.20. The average molecular weight is 355 g/mol. The van der Waals surface area contributed by atoms with Crippen molar-refractivity contribution < 1.29 is 4.74 Å². The van der Waals surface area contributed by atoms with Crippen LogP contribution in [-0.4, -0.2) is 16.6 Å². The summed E-state index contributed by atoms with van der Waals surface area (Å²) in [6.07, 6.45) is 17.4. The molecule has 0 atom stereocenters. The third kappa shape index (κ3) is 8.98. The van der Waals surface area contributed by atoms with Gasteiger partial charge in [0.2, 0.25) is 0 Å². The highest BCUT2D eigenvalue weighted by Gasteiger charge is 2.00. The molecule has 0 fully saturated rings. The van der Waals surface area contributed by atoms with E-state index in [0.717, 1.165) is 37.4 Å². The summed E-state index contributed by atoms with van der Waals surface area (Å²) in [5, 5.41) is 0. The lowest BCUT2D eigenvalue weighted by Gasteiger charge is -2.06. The summed E-state index contributed by atoms with van der Waals surface area (Å²) in [5.74, 6) is 1.97. The van der Waals surface area contributed by atoms with Gasteiger partial charge >= 0.3 is 0 Å². The van der Waals surface area contributed by atoms with Crippen LogP contribution < -0.4 is 4.74 Å². The number of ether oxygens (including phenoxy) is 1. The molecule has 0 aliphatic rings.